The number of rotatable bonds is 9. The number of fused-ring (bicyclic) bond motifs is 6. The van der Waals surface area contributed by atoms with Crippen molar-refractivity contribution in [3.63, 3.8) is 0 Å². The van der Waals surface area contributed by atoms with Gasteiger partial charge in [-0.05, 0) is 124 Å². The van der Waals surface area contributed by atoms with E-state index in [1.54, 1.807) is 0 Å². The molecule has 0 aliphatic rings. The summed E-state index contributed by atoms with van der Waals surface area (Å²) in [5.74, 6) is 0. The molecule has 0 bridgehead atoms. The lowest BCUT2D eigenvalue weighted by atomic mass is 9.93. The van der Waals surface area contributed by atoms with Gasteiger partial charge < -0.3 is 8.83 Å². The Morgan fingerprint density at radius 1 is 0.424 bits per heavy atom. The summed E-state index contributed by atoms with van der Waals surface area (Å²) in [6.45, 7) is 4.26. The highest BCUT2D eigenvalue weighted by molar-refractivity contribution is 6.17. The van der Waals surface area contributed by atoms with Crippen molar-refractivity contribution in [1.82, 2.24) is 0 Å². The maximum absolute atomic E-state index is 6.47. The number of aliphatic imine (C=N–C) groups is 1. The Kier molecular flexibility index (Phi) is 9.40. The molecule has 0 N–H and O–H groups in total. The minimum absolute atomic E-state index is 0.795. The van der Waals surface area contributed by atoms with Gasteiger partial charge in [-0.3, -0.25) is 4.99 Å². The Morgan fingerprint density at radius 2 is 0.915 bits per heavy atom. The zero-order valence-corrected chi connectivity index (χ0v) is 33.0. The van der Waals surface area contributed by atoms with Gasteiger partial charge in [-0.15, -0.1) is 0 Å². The number of hydrogen-bond donors (Lipinski definition) is 0. The molecular formula is C56H41NO2. The third-order valence-corrected chi connectivity index (χ3v) is 11.1. The molecule has 3 heteroatoms. The van der Waals surface area contributed by atoms with Crippen molar-refractivity contribution < 1.29 is 8.83 Å². The lowest BCUT2D eigenvalue weighted by molar-refractivity contribution is 0.656. The summed E-state index contributed by atoms with van der Waals surface area (Å²) in [5.41, 5.74) is 16.6. The van der Waals surface area contributed by atoms with E-state index in [1.807, 2.05) is 12.1 Å². The zero-order chi connectivity index (χ0) is 39.7. The monoisotopic (exact) mass is 759 g/mol. The fourth-order valence-electron chi connectivity index (χ4n) is 8.13. The highest BCUT2D eigenvalue weighted by atomic mass is 16.3. The normalized spacial score (nSPS) is 12.6. The van der Waals surface area contributed by atoms with Crippen LogP contribution in [0.15, 0.2) is 214 Å². The molecule has 0 spiro atoms. The maximum Gasteiger partial charge on any atom is 0.139 e. The van der Waals surface area contributed by atoms with E-state index in [1.165, 1.54) is 27.8 Å². The van der Waals surface area contributed by atoms with Crippen molar-refractivity contribution in [2.75, 3.05) is 0 Å². The molecule has 0 aliphatic heterocycles. The van der Waals surface area contributed by atoms with Crippen molar-refractivity contribution in [1.29, 1.82) is 0 Å². The van der Waals surface area contributed by atoms with Crippen LogP contribution in [0.2, 0.25) is 0 Å². The smallest absolute Gasteiger partial charge is 0.139 e. The first-order chi connectivity index (χ1) is 29.1. The van der Waals surface area contributed by atoms with Gasteiger partial charge in [0.25, 0.3) is 0 Å². The van der Waals surface area contributed by atoms with E-state index in [2.05, 4.69) is 202 Å². The number of benzene rings is 8. The first-order valence-electron chi connectivity index (χ1n) is 20.3. The molecule has 0 amide bonds. The first-order valence-corrected chi connectivity index (χ1v) is 20.3. The van der Waals surface area contributed by atoms with Gasteiger partial charge in [0.15, 0.2) is 0 Å². The highest BCUT2D eigenvalue weighted by Crippen LogP contribution is 2.40. The second kappa shape index (κ2) is 15.5. The van der Waals surface area contributed by atoms with Gasteiger partial charge in [0.1, 0.15) is 22.3 Å². The molecule has 2 heterocycles. The number of furan rings is 2. The number of hydrogen-bond acceptors (Lipinski definition) is 3. The van der Waals surface area contributed by atoms with Gasteiger partial charge in [0.05, 0.1) is 5.70 Å². The SMILES string of the molecule is CC/C=C(/C=C(\N=C(C)c1ccc2oc3cc4oc5ccc(-c6cc(-c7ccccc7)cc(-c7ccccc7)c6)cc5c4cc3c2c1)c1ccccc1)c1ccccc1. The summed E-state index contributed by atoms with van der Waals surface area (Å²) in [6, 6.07) is 66.2. The molecule has 3 nitrogen and oxygen atoms in total. The Labute approximate surface area is 343 Å². The van der Waals surface area contributed by atoms with Crippen molar-refractivity contribution in [3.05, 3.63) is 217 Å². The van der Waals surface area contributed by atoms with Crippen molar-refractivity contribution in [2.24, 2.45) is 4.99 Å². The van der Waals surface area contributed by atoms with Crippen molar-refractivity contribution in [2.45, 2.75) is 20.3 Å². The van der Waals surface area contributed by atoms with Crippen LogP contribution in [0.3, 0.4) is 0 Å². The van der Waals surface area contributed by atoms with Crippen LogP contribution in [-0.2, 0) is 0 Å². The molecule has 0 unspecified atom stereocenters. The van der Waals surface area contributed by atoms with Gasteiger partial charge in [0.2, 0.25) is 0 Å². The molecule has 282 valence electrons. The molecular weight excluding hydrogens is 719 g/mol. The van der Waals surface area contributed by atoms with E-state index in [0.29, 0.717) is 0 Å². The summed E-state index contributed by atoms with van der Waals surface area (Å²) in [6.07, 6.45) is 5.39. The summed E-state index contributed by atoms with van der Waals surface area (Å²) in [4.78, 5) is 5.30. The average Bonchev–Trinajstić information content (AvgIpc) is 3.85. The molecule has 2 aromatic heterocycles. The molecule has 0 radical (unpaired) electrons. The standard InChI is InChI=1S/C56H41NO2/c1-3-16-43(38-17-8-4-9-18-38)34-52(41-23-14-7-15-24-41)57-37(2)42-25-27-53-48(32-42)50-35-51-49-33-44(26-28-54(49)59-56(51)36-55(50)58-53)47-30-45(39-19-10-5-11-20-39)29-46(31-47)40-21-12-6-13-22-40/h4-36H,3H2,1-2H3/b43-16-,52-34-,57-37?. The summed E-state index contributed by atoms with van der Waals surface area (Å²) < 4.78 is 12.9. The molecule has 59 heavy (non-hydrogen) atoms. The molecule has 0 saturated heterocycles. The summed E-state index contributed by atoms with van der Waals surface area (Å²) in [5, 5.41) is 4.22. The third-order valence-electron chi connectivity index (χ3n) is 11.1. The molecule has 0 aliphatic carbocycles. The van der Waals surface area contributed by atoms with Crippen LogP contribution >= 0.6 is 0 Å². The lowest BCUT2D eigenvalue weighted by Crippen LogP contribution is -1.96. The Balaban J connectivity index is 1.07. The average molecular weight is 760 g/mol. The third kappa shape index (κ3) is 7.09. The van der Waals surface area contributed by atoms with Gasteiger partial charge in [0, 0.05) is 38.9 Å². The van der Waals surface area contributed by atoms with E-state index < -0.39 is 0 Å². The highest BCUT2D eigenvalue weighted by Gasteiger charge is 2.16. The molecule has 0 fully saturated rings. The summed E-state index contributed by atoms with van der Waals surface area (Å²) in [7, 11) is 0. The minimum atomic E-state index is 0.795. The van der Waals surface area contributed by atoms with E-state index in [4.69, 9.17) is 13.8 Å². The van der Waals surface area contributed by atoms with Gasteiger partial charge in [-0.2, -0.15) is 0 Å². The topological polar surface area (TPSA) is 38.6 Å². The predicted octanol–water partition coefficient (Wildman–Crippen LogP) is 15.8. The summed E-state index contributed by atoms with van der Waals surface area (Å²) >= 11 is 0. The first kappa shape index (κ1) is 35.9. The maximum atomic E-state index is 6.47. The Hall–Kier alpha value is -7.49. The number of allylic oxidation sites excluding steroid dienone is 3. The van der Waals surface area contributed by atoms with Crippen LogP contribution in [0.25, 0.3) is 88.5 Å². The fraction of sp³-hybridized carbons (Fsp3) is 0.0536. The van der Waals surface area contributed by atoms with E-state index in [9.17, 15) is 0 Å². The van der Waals surface area contributed by atoms with Crippen LogP contribution in [-0.4, -0.2) is 5.71 Å². The molecule has 10 rings (SSSR count). The molecule has 8 aromatic carbocycles. The molecule has 10 aromatic rings. The van der Waals surface area contributed by atoms with Gasteiger partial charge in [-0.1, -0.05) is 140 Å². The number of nitrogens with zero attached hydrogens (tertiary/aromatic N) is 1. The van der Waals surface area contributed by atoms with Gasteiger partial charge in [-0.25, -0.2) is 0 Å². The van der Waals surface area contributed by atoms with Crippen molar-refractivity contribution >= 4 is 60.9 Å². The van der Waals surface area contributed by atoms with E-state index >= 15 is 0 Å². The van der Waals surface area contributed by atoms with Crippen LogP contribution in [0.4, 0.5) is 0 Å². The van der Waals surface area contributed by atoms with E-state index in [0.717, 1.165) is 89.5 Å². The fourth-order valence-corrected chi connectivity index (χ4v) is 8.13. The zero-order valence-electron chi connectivity index (χ0n) is 33.0. The predicted molar refractivity (Wildman–Crippen MR) is 249 cm³/mol. The minimum Gasteiger partial charge on any atom is -0.456 e. The van der Waals surface area contributed by atoms with Crippen molar-refractivity contribution in [3.8, 4) is 33.4 Å². The Bertz CT molecular complexity index is 3160. The van der Waals surface area contributed by atoms with Crippen LogP contribution in [0, 0.1) is 0 Å². The van der Waals surface area contributed by atoms with Crippen LogP contribution in [0.5, 0.6) is 0 Å². The van der Waals surface area contributed by atoms with E-state index in [-0.39, 0.29) is 0 Å². The van der Waals surface area contributed by atoms with Gasteiger partial charge >= 0.3 is 0 Å². The van der Waals surface area contributed by atoms with Crippen LogP contribution < -0.4 is 0 Å². The Morgan fingerprint density at radius 3 is 1.49 bits per heavy atom. The quantitative estimate of drug-likeness (QED) is 0.109. The lowest BCUT2D eigenvalue weighted by Gasteiger charge is -2.11. The molecule has 0 atom stereocenters. The molecule has 0 saturated carbocycles. The largest absolute Gasteiger partial charge is 0.456 e. The second-order valence-electron chi connectivity index (χ2n) is 15.0. The second-order valence-corrected chi connectivity index (χ2v) is 15.0. The van der Waals surface area contributed by atoms with Crippen LogP contribution in [0.1, 0.15) is 37.0 Å².